The molecule has 6 heteroatoms. The van der Waals surface area contributed by atoms with Crippen LogP contribution in [0, 0.1) is 0 Å². The van der Waals surface area contributed by atoms with Crippen molar-refractivity contribution in [2.45, 2.75) is 50.7 Å². The minimum absolute atomic E-state index is 0.0418. The van der Waals surface area contributed by atoms with Crippen LogP contribution in [-0.4, -0.2) is 41.9 Å². The molecule has 2 aromatic carbocycles. The first kappa shape index (κ1) is 22.0. The molecule has 0 aliphatic carbocycles. The highest BCUT2D eigenvalue weighted by atomic mass is 16.2. The zero-order chi connectivity index (χ0) is 21.3. The maximum atomic E-state index is 13.4. The highest BCUT2D eigenvalue weighted by Crippen LogP contribution is 2.20. The van der Waals surface area contributed by atoms with Crippen molar-refractivity contribution in [2.75, 3.05) is 13.1 Å². The first-order valence-corrected chi connectivity index (χ1v) is 10.7. The molecule has 1 aliphatic heterocycles. The topological polar surface area (TPSA) is 101 Å². The van der Waals surface area contributed by atoms with Crippen LogP contribution in [0.1, 0.15) is 36.0 Å². The third-order valence-corrected chi connectivity index (χ3v) is 5.68. The van der Waals surface area contributed by atoms with Crippen LogP contribution >= 0.6 is 0 Å². The van der Waals surface area contributed by atoms with Crippen LogP contribution in [0.2, 0.25) is 0 Å². The Kier molecular flexibility index (Phi) is 7.99. The number of hydrogen-bond acceptors (Lipinski definition) is 4. The molecule has 1 heterocycles. The lowest BCUT2D eigenvalue weighted by atomic mass is 9.98. The fraction of sp³-hybridized carbons (Fsp3) is 0.417. The lowest BCUT2D eigenvalue weighted by molar-refractivity contribution is -0.137. The molecular formula is C24H32N4O2. The molecular weight excluding hydrogens is 376 g/mol. The van der Waals surface area contributed by atoms with E-state index in [0.29, 0.717) is 45.3 Å². The summed E-state index contributed by atoms with van der Waals surface area (Å²) in [5.74, 6) is -0.327. The number of carbonyl (C=O) groups excluding carboxylic acids is 2. The van der Waals surface area contributed by atoms with Crippen molar-refractivity contribution < 1.29 is 9.59 Å². The minimum Gasteiger partial charge on any atom is -0.343 e. The van der Waals surface area contributed by atoms with Gasteiger partial charge in [0.2, 0.25) is 11.8 Å². The molecule has 0 bridgehead atoms. The van der Waals surface area contributed by atoms with Gasteiger partial charge >= 0.3 is 0 Å². The predicted octanol–water partition coefficient (Wildman–Crippen LogP) is 1.76. The third kappa shape index (κ3) is 5.90. The van der Waals surface area contributed by atoms with Crippen LogP contribution in [0.15, 0.2) is 54.6 Å². The predicted molar refractivity (Wildman–Crippen MR) is 119 cm³/mol. The third-order valence-electron chi connectivity index (χ3n) is 5.68. The van der Waals surface area contributed by atoms with E-state index >= 15 is 0 Å². The lowest BCUT2D eigenvalue weighted by Gasteiger charge is -2.32. The van der Waals surface area contributed by atoms with Crippen LogP contribution in [0.5, 0.6) is 0 Å². The Morgan fingerprint density at radius 2 is 1.70 bits per heavy atom. The van der Waals surface area contributed by atoms with E-state index in [0.717, 1.165) is 12.0 Å². The van der Waals surface area contributed by atoms with Crippen LogP contribution in [0.4, 0.5) is 0 Å². The van der Waals surface area contributed by atoms with Crippen molar-refractivity contribution in [2.24, 2.45) is 11.5 Å². The molecule has 1 aliphatic rings. The van der Waals surface area contributed by atoms with Gasteiger partial charge in [-0.25, -0.2) is 0 Å². The van der Waals surface area contributed by atoms with Crippen molar-refractivity contribution in [1.29, 1.82) is 0 Å². The second-order valence-corrected chi connectivity index (χ2v) is 7.90. The van der Waals surface area contributed by atoms with Crippen molar-refractivity contribution in [3.05, 3.63) is 71.3 Å². The van der Waals surface area contributed by atoms with Crippen LogP contribution in [0.25, 0.3) is 0 Å². The number of rotatable bonds is 9. The zero-order valence-electron chi connectivity index (χ0n) is 17.4. The Morgan fingerprint density at radius 1 is 1.00 bits per heavy atom. The number of nitrogens with zero attached hydrogens (tertiary/aromatic N) is 1. The molecule has 0 saturated carbocycles. The second-order valence-electron chi connectivity index (χ2n) is 7.90. The van der Waals surface area contributed by atoms with Crippen molar-refractivity contribution in [3.63, 3.8) is 0 Å². The monoisotopic (exact) mass is 408 g/mol. The molecule has 2 aromatic rings. The van der Waals surface area contributed by atoms with E-state index in [1.807, 2.05) is 47.4 Å². The summed E-state index contributed by atoms with van der Waals surface area (Å²) >= 11 is 0. The lowest BCUT2D eigenvalue weighted by Crippen LogP contribution is -2.53. The van der Waals surface area contributed by atoms with E-state index < -0.39 is 12.1 Å². The molecule has 160 valence electrons. The molecule has 0 unspecified atom stereocenters. The van der Waals surface area contributed by atoms with Gasteiger partial charge in [-0.1, -0.05) is 54.6 Å². The van der Waals surface area contributed by atoms with Crippen molar-refractivity contribution >= 4 is 11.8 Å². The summed E-state index contributed by atoms with van der Waals surface area (Å²) < 4.78 is 0. The van der Waals surface area contributed by atoms with Crippen LogP contribution in [0.3, 0.4) is 0 Å². The maximum Gasteiger partial charge on any atom is 0.245 e. The van der Waals surface area contributed by atoms with Gasteiger partial charge in [-0.05, 0) is 55.3 Å². The summed E-state index contributed by atoms with van der Waals surface area (Å²) in [6, 6.07) is 17.0. The van der Waals surface area contributed by atoms with Gasteiger partial charge in [-0.2, -0.15) is 0 Å². The number of benzene rings is 2. The normalized spacial score (nSPS) is 15.2. The number of aryl methyl sites for hydroxylation is 1. The number of nitrogens with two attached hydrogens (primary N) is 2. The molecule has 3 rings (SSSR count). The molecule has 2 amide bonds. The molecule has 0 radical (unpaired) electrons. The van der Waals surface area contributed by atoms with Gasteiger partial charge in [0.15, 0.2) is 0 Å². The number of hydrogen-bond donors (Lipinski definition) is 3. The fourth-order valence-electron chi connectivity index (χ4n) is 3.86. The van der Waals surface area contributed by atoms with Crippen LogP contribution < -0.4 is 16.8 Å². The Balaban J connectivity index is 1.69. The first-order valence-electron chi connectivity index (χ1n) is 10.7. The molecule has 6 nitrogen and oxygen atoms in total. The zero-order valence-corrected chi connectivity index (χ0v) is 17.4. The Bertz CT molecular complexity index is 840. The fourth-order valence-corrected chi connectivity index (χ4v) is 3.86. The van der Waals surface area contributed by atoms with E-state index in [2.05, 4.69) is 17.4 Å². The van der Waals surface area contributed by atoms with E-state index in [9.17, 15) is 9.59 Å². The van der Waals surface area contributed by atoms with Crippen LogP contribution in [-0.2, 0) is 29.0 Å². The van der Waals surface area contributed by atoms with Gasteiger partial charge in [-0.15, -0.1) is 0 Å². The van der Waals surface area contributed by atoms with Gasteiger partial charge in [0.25, 0.3) is 0 Å². The summed E-state index contributed by atoms with van der Waals surface area (Å²) in [6.07, 6.45) is 3.27. The maximum absolute atomic E-state index is 13.4. The Morgan fingerprint density at radius 3 is 2.43 bits per heavy atom. The summed E-state index contributed by atoms with van der Waals surface area (Å²) in [6.45, 7) is 1.73. The molecule has 0 spiro atoms. The van der Waals surface area contributed by atoms with Gasteiger partial charge in [0.1, 0.15) is 6.04 Å². The molecule has 30 heavy (non-hydrogen) atoms. The summed E-state index contributed by atoms with van der Waals surface area (Å²) in [5.41, 5.74) is 15.1. The highest BCUT2D eigenvalue weighted by Gasteiger charge is 2.29. The van der Waals surface area contributed by atoms with E-state index in [-0.39, 0.29) is 11.8 Å². The standard InChI is InChI=1S/C24H32N4O2/c25-15-6-11-21(26)23(29)27-22(13-12-18-7-2-1-3-8-18)24(30)28-16-14-19-9-4-5-10-20(19)17-28/h1-5,7-10,21-22H,6,11-17,25-26H2,(H,27,29)/t21-,22+/m0/s1. The van der Waals surface area contributed by atoms with E-state index in [4.69, 9.17) is 11.5 Å². The average Bonchev–Trinajstić information content (AvgIpc) is 2.79. The Hall–Kier alpha value is -2.70. The summed E-state index contributed by atoms with van der Waals surface area (Å²) in [5, 5.41) is 2.92. The Labute approximate surface area is 178 Å². The smallest absolute Gasteiger partial charge is 0.245 e. The second kappa shape index (κ2) is 10.9. The largest absolute Gasteiger partial charge is 0.343 e. The van der Waals surface area contributed by atoms with Gasteiger partial charge in [-0.3, -0.25) is 9.59 Å². The van der Waals surface area contributed by atoms with E-state index in [1.54, 1.807) is 0 Å². The number of nitrogens with one attached hydrogen (secondary N) is 1. The van der Waals surface area contributed by atoms with Gasteiger partial charge in [0, 0.05) is 13.1 Å². The molecule has 2 atom stereocenters. The molecule has 0 fully saturated rings. The number of amides is 2. The van der Waals surface area contributed by atoms with Crippen molar-refractivity contribution in [1.82, 2.24) is 10.2 Å². The van der Waals surface area contributed by atoms with E-state index in [1.165, 1.54) is 11.1 Å². The molecule has 5 N–H and O–H groups in total. The minimum atomic E-state index is -0.650. The summed E-state index contributed by atoms with van der Waals surface area (Å²) in [7, 11) is 0. The average molecular weight is 409 g/mol. The summed E-state index contributed by atoms with van der Waals surface area (Å²) in [4.78, 5) is 27.8. The SMILES string of the molecule is NCCC[C@H](N)C(=O)N[C@H](CCc1ccccc1)C(=O)N1CCc2ccccc2C1. The first-order chi connectivity index (χ1) is 14.6. The number of carbonyl (C=O) groups is 2. The molecule has 0 saturated heterocycles. The number of fused-ring (bicyclic) bond motifs is 1. The quantitative estimate of drug-likeness (QED) is 0.588. The van der Waals surface area contributed by atoms with Gasteiger partial charge in [0.05, 0.1) is 6.04 Å². The van der Waals surface area contributed by atoms with Crippen molar-refractivity contribution in [3.8, 4) is 0 Å². The molecule has 0 aromatic heterocycles. The van der Waals surface area contributed by atoms with Gasteiger partial charge < -0.3 is 21.7 Å². The highest BCUT2D eigenvalue weighted by molar-refractivity contribution is 5.89.